The first-order valence-electron chi connectivity index (χ1n) is 3.72. The first-order chi connectivity index (χ1) is 5.80. The minimum absolute atomic E-state index is 0.146. The molecule has 13 heavy (non-hydrogen) atoms. The van der Waals surface area contributed by atoms with Gasteiger partial charge in [-0.3, -0.25) is 0 Å². The second kappa shape index (κ2) is 5.37. The Bertz CT molecular complexity index is 236. The molecule has 0 amide bonds. The van der Waals surface area contributed by atoms with Gasteiger partial charge in [-0.05, 0) is 25.2 Å². The van der Waals surface area contributed by atoms with E-state index in [1.165, 1.54) is 0 Å². The van der Waals surface area contributed by atoms with Crippen molar-refractivity contribution >= 4 is 34.5 Å². The van der Waals surface area contributed by atoms with Crippen molar-refractivity contribution in [1.82, 2.24) is 0 Å². The highest BCUT2D eigenvalue weighted by Crippen LogP contribution is 2.16. The van der Waals surface area contributed by atoms with Gasteiger partial charge in [0.2, 0.25) is 6.69 Å². The fourth-order valence-corrected chi connectivity index (χ4v) is 0.488. The van der Waals surface area contributed by atoms with E-state index in [1.54, 1.807) is 24.3 Å². The summed E-state index contributed by atoms with van der Waals surface area (Å²) < 4.78 is 0. The number of para-hydroxylation sites is 2. The Hall–Kier alpha value is -0.383. The average molecular weight is 238 g/mol. The maximum atomic E-state index is 8.79. The van der Waals surface area contributed by atoms with E-state index < -0.39 is 6.69 Å². The van der Waals surface area contributed by atoms with Crippen LogP contribution in [0.4, 0.5) is 5.69 Å². The lowest BCUT2D eigenvalue weighted by molar-refractivity contribution is 0.478. The van der Waals surface area contributed by atoms with E-state index in [1.807, 2.05) is 13.1 Å². The SMILES string of the molecule is C[Si](C)(Cl)Cl.Nc1ccccc1O. The molecule has 3 N–H and O–H groups in total. The molecule has 0 radical (unpaired) electrons. The summed E-state index contributed by atoms with van der Waals surface area (Å²) in [5.74, 6) is 0.146. The van der Waals surface area contributed by atoms with Gasteiger partial charge in [0.05, 0.1) is 5.69 Å². The molecule has 0 heterocycles. The molecule has 0 aliphatic heterocycles. The Morgan fingerprint density at radius 3 is 1.85 bits per heavy atom. The third-order valence-corrected chi connectivity index (χ3v) is 0.937. The van der Waals surface area contributed by atoms with Gasteiger partial charge < -0.3 is 10.8 Å². The molecule has 5 heteroatoms. The minimum atomic E-state index is -1.67. The number of phenols is 1. The molecule has 0 fully saturated rings. The zero-order valence-electron chi connectivity index (χ0n) is 7.59. The number of aromatic hydroxyl groups is 1. The standard InChI is InChI=1S/C6H7NO.C2H6Cl2Si/c7-5-3-1-2-4-6(5)8;1-5(2,3)4/h1-4,8H,7H2;1-2H3. The lowest BCUT2D eigenvalue weighted by atomic mass is 10.3. The average Bonchev–Trinajstić information content (AvgIpc) is 1.92. The Labute approximate surface area is 88.7 Å². The number of halogens is 2. The summed E-state index contributed by atoms with van der Waals surface area (Å²) in [7, 11) is 0. The van der Waals surface area contributed by atoms with Gasteiger partial charge in [0.15, 0.2) is 0 Å². The Morgan fingerprint density at radius 1 is 1.23 bits per heavy atom. The Kier molecular flexibility index (Phi) is 5.21. The molecule has 0 bridgehead atoms. The van der Waals surface area contributed by atoms with Crippen LogP contribution in [0.5, 0.6) is 5.75 Å². The topological polar surface area (TPSA) is 46.2 Å². The largest absolute Gasteiger partial charge is 0.506 e. The summed E-state index contributed by atoms with van der Waals surface area (Å²) >= 11 is 10.9. The summed E-state index contributed by atoms with van der Waals surface area (Å²) in [6.45, 7) is 2.05. The maximum Gasteiger partial charge on any atom is 0.245 e. The van der Waals surface area contributed by atoms with E-state index in [2.05, 4.69) is 0 Å². The van der Waals surface area contributed by atoms with Crippen molar-refractivity contribution in [3.63, 3.8) is 0 Å². The molecule has 0 spiro atoms. The smallest absolute Gasteiger partial charge is 0.245 e. The van der Waals surface area contributed by atoms with E-state index >= 15 is 0 Å². The van der Waals surface area contributed by atoms with Gasteiger partial charge in [0, 0.05) is 0 Å². The van der Waals surface area contributed by atoms with Crippen LogP contribution in [0.1, 0.15) is 0 Å². The van der Waals surface area contributed by atoms with Crippen molar-refractivity contribution in [2.75, 3.05) is 5.73 Å². The predicted octanol–water partition coefficient (Wildman–Crippen LogP) is 3.14. The number of nitrogen functional groups attached to an aromatic ring is 1. The Morgan fingerprint density at radius 2 is 1.62 bits per heavy atom. The van der Waals surface area contributed by atoms with Crippen LogP contribution in [0.25, 0.3) is 0 Å². The van der Waals surface area contributed by atoms with E-state index in [0.29, 0.717) is 5.69 Å². The molecule has 0 aromatic heterocycles. The second-order valence-corrected chi connectivity index (χ2v) is 11.8. The molecular formula is C8H13Cl2NOSi. The number of anilines is 1. The third kappa shape index (κ3) is 9.53. The second-order valence-electron chi connectivity index (χ2n) is 2.89. The van der Waals surface area contributed by atoms with Crippen molar-refractivity contribution in [3.8, 4) is 5.75 Å². The summed E-state index contributed by atoms with van der Waals surface area (Å²) in [6.07, 6.45) is 0. The van der Waals surface area contributed by atoms with Crippen LogP contribution in [-0.4, -0.2) is 11.8 Å². The molecule has 0 aliphatic carbocycles. The van der Waals surface area contributed by atoms with Crippen LogP contribution >= 0.6 is 22.2 Å². The van der Waals surface area contributed by atoms with Crippen molar-refractivity contribution in [2.45, 2.75) is 13.1 Å². The van der Waals surface area contributed by atoms with Gasteiger partial charge in [-0.1, -0.05) is 12.1 Å². The fraction of sp³-hybridized carbons (Fsp3) is 0.250. The molecular weight excluding hydrogens is 225 g/mol. The summed E-state index contributed by atoms with van der Waals surface area (Å²) in [4.78, 5) is 0. The molecule has 1 aromatic carbocycles. The number of benzene rings is 1. The van der Waals surface area contributed by atoms with E-state index in [9.17, 15) is 0 Å². The first kappa shape index (κ1) is 12.6. The first-order valence-corrected chi connectivity index (χ1v) is 8.74. The number of nitrogens with two attached hydrogens (primary N) is 1. The molecule has 0 atom stereocenters. The molecule has 0 saturated carbocycles. The molecule has 0 aliphatic rings. The van der Waals surface area contributed by atoms with Crippen molar-refractivity contribution < 1.29 is 5.11 Å². The van der Waals surface area contributed by atoms with Gasteiger partial charge >= 0.3 is 0 Å². The molecule has 1 aromatic rings. The van der Waals surface area contributed by atoms with Gasteiger partial charge in [-0.25, -0.2) is 0 Å². The van der Waals surface area contributed by atoms with Gasteiger partial charge in [0.25, 0.3) is 0 Å². The lowest BCUT2D eigenvalue weighted by Crippen LogP contribution is -2.02. The van der Waals surface area contributed by atoms with Crippen molar-refractivity contribution in [1.29, 1.82) is 0 Å². The number of hydrogen-bond donors (Lipinski definition) is 2. The maximum absolute atomic E-state index is 8.79. The lowest BCUT2D eigenvalue weighted by Gasteiger charge is -1.93. The predicted molar refractivity (Wildman–Crippen MR) is 61.7 cm³/mol. The number of rotatable bonds is 0. The Balaban J connectivity index is 0.000000252. The van der Waals surface area contributed by atoms with Gasteiger partial charge in [-0.2, -0.15) is 0 Å². The van der Waals surface area contributed by atoms with E-state index in [0.717, 1.165) is 0 Å². The van der Waals surface area contributed by atoms with Crippen LogP contribution in [0, 0.1) is 0 Å². The summed E-state index contributed by atoms with van der Waals surface area (Å²) in [6, 6.07) is 6.70. The third-order valence-electron chi connectivity index (χ3n) is 0.937. The monoisotopic (exact) mass is 237 g/mol. The quantitative estimate of drug-likeness (QED) is 0.315. The zero-order valence-corrected chi connectivity index (χ0v) is 10.1. The number of phenolic OH excluding ortho intramolecular Hbond substituents is 1. The highest BCUT2D eigenvalue weighted by atomic mass is 35.7. The fourth-order valence-electron chi connectivity index (χ4n) is 0.488. The highest BCUT2D eigenvalue weighted by Gasteiger charge is 2.08. The molecule has 1 rings (SSSR count). The normalized spacial score (nSPS) is 10.2. The van der Waals surface area contributed by atoms with Crippen molar-refractivity contribution in [2.24, 2.45) is 0 Å². The number of hydrogen-bond acceptors (Lipinski definition) is 2. The van der Waals surface area contributed by atoms with Crippen LogP contribution in [0.15, 0.2) is 24.3 Å². The molecule has 0 saturated heterocycles. The van der Waals surface area contributed by atoms with Crippen LogP contribution in [-0.2, 0) is 0 Å². The minimum Gasteiger partial charge on any atom is -0.506 e. The summed E-state index contributed by atoms with van der Waals surface area (Å²) in [5.41, 5.74) is 5.69. The highest BCUT2D eigenvalue weighted by molar-refractivity contribution is 7.44. The van der Waals surface area contributed by atoms with Gasteiger partial charge in [0.1, 0.15) is 5.75 Å². The van der Waals surface area contributed by atoms with Crippen LogP contribution < -0.4 is 5.73 Å². The molecule has 0 unspecified atom stereocenters. The molecule has 2 nitrogen and oxygen atoms in total. The van der Waals surface area contributed by atoms with E-state index in [4.69, 9.17) is 33.0 Å². The van der Waals surface area contributed by atoms with Crippen molar-refractivity contribution in [3.05, 3.63) is 24.3 Å². The van der Waals surface area contributed by atoms with Crippen LogP contribution in [0.3, 0.4) is 0 Å². The van der Waals surface area contributed by atoms with Crippen LogP contribution in [0.2, 0.25) is 13.1 Å². The van der Waals surface area contributed by atoms with Gasteiger partial charge in [-0.15, -0.1) is 22.2 Å². The molecule has 74 valence electrons. The summed E-state index contributed by atoms with van der Waals surface area (Å²) in [5, 5.41) is 8.79. The zero-order chi connectivity index (χ0) is 10.5. The van der Waals surface area contributed by atoms with E-state index in [-0.39, 0.29) is 5.75 Å².